The Morgan fingerprint density at radius 1 is 1.05 bits per heavy atom. The van der Waals surface area contributed by atoms with Crippen molar-refractivity contribution in [1.29, 1.82) is 0 Å². The van der Waals surface area contributed by atoms with Crippen molar-refractivity contribution < 1.29 is 0 Å². The Morgan fingerprint density at radius 3 is 2.43 bits per heavy atom. The first-order chi connectivity index (χ1) is 9.96. The number of nitrogens with zero attached hydrogens (tertiary/aromatic N) is 3. The molecule has 0 fully saturated rings. The molecule has 0 aromatic carbocycles. The number of pyridine rings is 2. The molecule has 4 heteroatoms. The number of hydrogen-bond donors (Lipinski definition) is 1. The number of aryl methyl sites for hydroxylation is 1. The molecule has 0 amide bonds. The van der Waals surface area contributed by atoms with E-state index in [-0.39, 0.29) is 5.54 Å². The molecule has 0 saturated carbocycles. The molecule has 3 aromatic rings. The predicted molar refractivity (Wildman–Crippen MR) is 86.5 cm³/mol. The maximum atomic E-state index is 4.80. The van der Waals surface area contributed by atoms with Gasteiger partial charge in [-0.1, -0.05) is 6.07 Å². The first-order valence-corrected chi connectivity index (χ1v) is 7.12. The van der Waals surface area contributed by atoms with E-state index in [2.05, 4.69) is 48.5 Å². The zero-order valence-electron chi connectivity index (χ0n) is 12.9. The van der Waals surface area contributed by atoms with Crippen LogP contribution in [0.3, 0.4) is 0 Å². The van der Waals surface area contributed by atoms with Crippen LogP contribution in [0.25, 0.3) is 16.9 Å². The molecular formula is C17H20N4. The van der Waals surface area contributed by atoms with Crippen LogP contribution in [0.4, 0.5) is 5.82 Å². The summed E-state index contributed by atoms with van der Waals surface area (Å²) in [5, 5.41) is 3.59. The molecule has 0 radical (unpaired) electrons. The van der Waals surface area contributed by atoms with Gasteiger partial charge in [-0.3, -0.25) is 9.38 Å². The molecule has 0 aliphatic rings. The van der Waals surface area contributed by atoms with Gasteiger partial charge in [-0.25, -0.2) is 4.98 Å². The molecule has 4 nitrogen and oxygen atoms in total. The Hall–Kier alpha value is -2.36. The Kier molecular flexibility index (Phi) is 3.16. The van der Waals surface area contributed by atoms with E-state index < -0.39 is 0 Å². The second-order valence-corrected chi connectivity index (χ2v) is 6.28. The van der Waals surface area contributed by atoms with Crippen LogP contribution >= 0.6 is 0 Å². The number of imidazole rings is 1. The highest BCUT2D eigenvalue weighted by Gasteiger charge is 2.19. The smallest absolute Gasteiger partial charge is 0.139 e. The average molecular weight is 280 g/mol. The third kappa shape index (κ3) is 2.61. The van der Waals surface area contributed by atoms with Crippen molar-refractivity contribution in [3.63, 3.8) is 0 Å². The summed E-state index contributed by atoms with van der Waals surface area (Å²) in [6.45, 7) is 8.56. The minimum absolute atomic E-state index is 0.0416. The van der Waals surface area contributed by atoms with Gasteiger partial charge in [0.25, 0.3) is 0 Å². The highest BCUT2D eigenvalue weighted by atomic mass is 15.2. The fraction of sp³-hybridized carbons (Fsp3) is 0.294. The van der Waals surface area contributed by atoms with Crippen LogP contribution in [-0.2, 0) is 0 Å². The summed E-state index contributed by atoms with van der Waals surface area (Å²) in [5.41, 5.74) is 4.10. The van der Waals surface area contributed by atoms with Crippen LogP contribution in [-0.4, -0.2) is 19.9 Å². The molecule has 0 unspecified atom stereocenters. The van der Waals surface area contributed by atoms with E-state index in [0.29, 0.717) is 0 Å². The standard InChI is InChI=1S/C17H20N4/c1-12-6-5-7-14-19-15(13-8-10-18-11-9-13)16(21(12)14)20-17(2,3)4/h5-11,20H,1-4H3. The summed E-state index contributed by atoms with van der Waals surface area (Å²) >= 11 is 0. The highest BCUT2D eigenvalue weighted by Crippen LogP contribution is 2.31. The van der Waals surface area contributed by atoms with Crippen molar-refractivity contribution in [1.82, 2.24) is 14.4 Å². The zero-order valence-corrected chi connectivity index (χ0v) is 12.9. The van der Waals surface area contributed by atoms with Gasteiger partial charge in [-0.2, -0.15) is 0 Å². The number of anilines is 1. The number of rotatable bonds is 2. The van der Waals surface area contributed by atoms with Gasteiger partial charge in [-0.15, -0.1) is 0 Å². The molecule has 1 N–H and O–H groups in total. The van der Waals surface area contributed by atoms with E-state index in [9.17, 15) is 0 Å². The van der Waals surface area contributed by atoms with Gasteiger partial charge in [0.1, 0.15) is 17.2 Å². The number of hydrogen-bond acceptors (Lipinski definition) is 3. The maximum absolute atomic E-state index is 4.80. The van der Waals surface area contributed by atoms with Crippen LogP contribution in [0.15, 0.2) is 42.7 Å². The van der Waals surface area contributed by atoms with Crippen molar-refractivity contribution in [3.8, 4) is 11.3 Å². The van der Waals surface area contributed by atoms with Crippen LogP contribution < -0.4 is 5.32 Å². The molecule has 3 rings (SSSR count). The van der Waals surface area contributed by atoms with Gasteiger partial charge in [-0.05, 0) is 52.0 Å². The molecule has 0 bridgehead atoms. The maximum Gasteiger partial charge on any atom is 0.139 e. The zero-order chi connectivity index (χ0) is 15.0. The summed E-state index contributed by atoms with van der Waals surface area (Å²) in [4.78, 5) is 8.89. The molecule has 3 heterocycles. The molecule has 0 aliphatic heterocycles. The lowest BCUT2D eigenvalue weighted by atomic mass is 10.1. The summed E-state index contributed by atoms with van der Waals surface area (Å²) < 4.78 is 2.17. The summed E-state index contributed by atoms with van der Waals surface area (Å²) in [7, 11) is 0. The van der Waals surface area contributed by atoms with Gasteiger partial charge in [0.05, 0.1) is 0 Å². The van der Waals surface area contributed by atoms with Crippen molar-refractivity contribution >= 4 is 11.5 Å². The van der Waals surface area contributed by atoms with E-state index in [0.717, 1.165) is 28.4 Å². The van der Waals surface area contributed by atoms with E-state index in [4.69, 9.17) is 4.98 Å². The number of nitrogens with one attached hydrogen (secondary N) is 1. The first kappa shape index (κ1) is 13.6. The van der Waals surface area contributed by atoms with Crippen LogP contribution in [0, 0.1) is 6.92 Å². The molecule has 21 heavy (non-hydrogen) atoms. The van der Waals surface area contributed by atoms with E-state index in [1.807, 2.05) is 24.3 Å². The Morgan fingerprint density at radius 2 is 1.76 bits per heavy atom. The topological polar surface area (TPSA) is 42.2 Å². The SMILES string of the molecule is Cc1cccc2nc(-c3ccncc3)c(NC(C)(C)C)n12. The van der Waals surface area contributed by atoms with Crippen LogP contribution in [0.5, 0.6) is 0 Å². The third-order valence-electron chi connectivity index (χ3n) is 3.29. The Balaban J connectivity index is 2.29. The summed E-state index contributed by atoms with van der Waals surface area (Å²) in [6, 6.07) is 10.1. The van der Waals surface area contributed by atoms with Crippen LogP contribution in [0.2, 0.25) is 0 Å². The van der Waals surface area contributed by atoms with Crippen molar-refractivity contribution in [2.45, 2.75) is 33.2 Å². The molecule has 0 saturated heterocycles. The third-order valence-corrected chi connectivity index (χ3v) is 3.29. The quantitative estimate of drug-likeness (QED) is 0.773. The molecular weight excluding hydrogens is 260 g/mol. The van der Waals surface area contributed by atoms with E-state index in [1.54, 1.807) is 12.4 Å². The molecule has 0 spiro atoms. The van der Waals surface area contributed by atoms with E-state index >= 15 is 0 Å². The average Bonchev–Trinajstić information content (AvgIpc) is 2.78. The second kappa shape index (κ2) is 4.88. The van der Waals surface area contributed by atoms with Gasteiger partial charge in [0, 0.05) is 29.2 Å². The van der Waals surface area contributed by atoms with Crippen molar-refractivity contribution in [2.24, 2.45) is 0 Å². The van der Waals surface area contributed by atoms with Gasteiger partial charge in [0.15, 0.2) is 0 Å². The molecule has 108 valence electrons. The molecule has 0 atom stereocenters. The fourth-order valence-corrected chi connectivity index (χ4v) is 2.44. The van der Waals surface area contributed by atoms with Gasteiger partial charge < -0.3 is 5.32 Å². The lowest BCUT2D eigenvalue weighted by Crippen LogP contribution is -2.27. The van der Waals surface area contributed by atoms with Crippen LogP contribution in [0.1, 0.15) is 26.5 Å². The minimum atomic E-state index is -0.0416. The second-order valence-electron chi connectivity index (χ2n) is 6.28. The summed E-state index contributed by atoms with van der Waals surface area (Å²) in [5.74, 6) is 1.03. The molecule has 0 aliphatic carbocycles. The number of aromatic nitrogens is 3. The molecule has 3 aromatic heterocycles. The summed E-state index contributed by atoms with van der Waals surface area (Å²) in [6.07, 6.45) is 3.60. The lowest BCUT2D eigenvalue weighted by Gasteiger charge is -2.23. The van der Waals surface area contributed by atoms with Crippen molar-refractivity contribution in [2.75, 3.05) is 5.32 Å². The van der Waals surface area contributed by atoms with Crippen molar-refractivity contribution in [3.05, 3.63) is 48.4 Å². The minimum Gasteiger partial charge on any atom is -0.365 e. The highest BCUT2D eigenvalue weighted by molar-refractivity contribution is 5.77. The van der Waals surface area contributed by atoms with Gasteiger partial charge in [0.2, 0.25) is 0 Å². The lowest BCUT2D eigenvalue weighted by molar-refractivity contribution is 0.629. The monoisotopic (exact) mass is 280 g/mol. The van der Waals surface area contributed by atoms with E-state index in [1.165, 1.54) is 0 Å². The number of fused-ring (bicyclic) bond motifs is 1. The Labute approximate surface area is 124 Å². The first-order valence-electron chi connectivity index (χ1n) is 7.12. The normalized spacial score (nSPS) is 11.8. The van der Waals surface area contributed by atoms with Gasteiger partial charge >= 0.3 is 0 Å². The fourth-order valence-electron chi connectivity index (χ4n) is 2.44. The predicted octanol–water partition coefficient (Wildman–Crippen LogP) is 3.92. The Bertz CT molecular complexity index is 767. The largest absolute Gasteiger partial charge is 0.365 e.